The van der Waals surface area contributed by atoms with Gasteiger partial charge in [0.25, 0.3) is 0 Å². The lowest BCUT2D eigenvalue weighted by Gasteiger charge is -2.10. The van der Waals surface area contributed by atoms with Gasteiger partial charge in [-0.05, 0) is 25.5 Å². The number of carboxylic acid groups (broad SMARTS) is 1. The molecule has 0 saturated heterocycles. The summed E-state index contributed by atoms with van der Waals surface area (Å²) in [4.78, 5) is 10.9. The van der Waals surface area contributed by atoms with Gasteiger partial charge in [0.15, 0.2) is 0 Å². The number of aryl methyl sites for hydroxylation is 3. The molecule has 0 fully saturated rings. The van der Waals surface area contributed by atoms with Crippen molar-refractivity contribution < 1.29 is 23.1 Å². The van der Waals surface area contributed by atoms with Crippen LogP contribution in [0.3, 0.4) is 0 Å². The van der Waals surface area contributed by atoms with Crippen molar-refractivity contribution in [2.24, 2.45) is 7.05 Å². The van der Waals surface area contributed by atoms with E-state index in [4.69, 9.17) is 5.11 Å². The topological polar surface area (TPSA) is 42.2 Å². The van der Waals surface area contributed by atoms with Crippen LogP contribution in [0.15, 0.2) is 12.1 Å². The molecule has 0 spiro atoms. The summed E-state index contributed by atoms with van der Waals surface area (Å²) in [5.41, 5.74) is 0.877. The zero-order chi connectivity index (χ0) is 15.2. The predicted molar refractivity (Wildman–Crippen MR) is 68.7 cm³/mol. The first-order valence-corrected chi connectivity index (χ1v) is 6.00. The highest BCUT2D eigenvalue weighted by Gasteiger charge is 2.39. The van der Waals surface area contributed by atoms with Crippen molar-refractivity contribution in [3.8, 4) is 0 Å². The number of alkyl halides is 3. The van der Waals surface area contributed by atoms with Crippen LogP contribution in [0.25, 0.3) is 10.9 Å². The predicted octanol–water partition coefficient (Wildman–Crippen LogP) is 3.44. The highest BCUT2D eigenvalue weighted by atomic mass is 19.4. The van der Waals surface area contributed by atoms with E-state index >= 15 is 0 Å². The monoisotopic (exact) mass is 285 g/mol. The summed E-state index contributed by atoms with van der Waals surface area (Å²) in [5.74, 6) is -1.28. The summed E-state index contributed by atoms with van der Waals surface area (Å²) < 4.78 is 40.7. The van der Waals surface area contributed by atoms with Gasteiger partial charge in [0, 0.05) is 18.0 Å². The normalized spacial score (nSPS) is 12.1. The average molecular weight is 285 g/mol. The van der Waals surface area contributed by atoms with Gasteiger partial charge in [-0.15, -0.1) is 0 Å². The first kappa shape index (κ1) is 14.4. The lowest BCUT2D eigenvalue weighted by molar-refractivity contribution is -0.144. The van der Waals surface area contributed by atoms with Crippen LogP contribution in [0.2, 0.25) is 0 Å². The van der Waals surface area contributed by atoms with E-state index in [1.807, 2.05) is 0 Å². The maximum atomic E-state index is 13.2. The number of rotatable bonds is 2. The van der Waals surface area contributed by atoms with Crippen LogP contribution in [0.5, 0.6) is 0 Å². The summed E-state index contributed by atoms with van der Waals surface area (Å²) in [7, 11) is 1.32. The molecule has 6 heteroatoms. The Morgan fingerprint density at radius 3 is 2.40 bits per heavy atom. The number of fused-ring (bicyclic) bond motifs is 1. The molecule has 0 atom stereocenters. The van der Waals surface area contributed by atoms with Crippen LogP contribution in [0.4, 0.5) is 13.2 Å². The van der Waals surface area contributed by atoms with Gasteiger partial charge < -0.3 is 9.67 Å². The number of hydrogen-bond acceptors (Lipinski definition) is 1. The largest absolute Gasteiger partial charge is 0.481 e. The Hall–Kier alpha value is -1.98. The second-order valence-electron chi connectivity index (χ2n) is 4.93. The smallest absolute Gasteiger partial charge is 0.431 e. The third kappa shape index (κ3) is 2.26. The number of hydrogen-bond donors (Lipinski definition) is 1. The standard InChI is InChI=1S/C14H14F3NO2/c1-7-4-8(2)12-9(5-7)10(6-11(19)20)13(18(12)3)14(15,16)17/h4-5H,6H2,1-3H3,(H,19,20). The Balaban J connectivity index is 2.93. The number of carboxylic acids is 1. The number of aliphatic carboxylic acids is 1. The fraction of sp³-hybridized carbons (Fsp3) is 0.357. The van der Waals surface area contributed by atoms with Crippen LogP contribution in [0.1, 0.15) is 22.4 Å². The molecule has 108 valence electrons. The molecule has 1 aromatic heterocycles. The van der Waals surface area contributed by atoms with E-state index in [1.165, 1.54) is 7.05 Å². The van der Waals surface area contributed by atoms with Gasteiger partial charge in [-0.25, -0.2) is 0 Å². The molecular weight excluding hydrogens is 271 g/mol. The molecule has 20 heavy (non-hydrogen) atoms. The molecule has 2 aromatic rings. The summed E-state index contributed by atoms with van der Waals surface area (Å²) in [6.07, 6.45) is -5.23. The number of carbonyl (C=O) groups is 1. The molecule has 0 radical (unpaired) electrons. The molecule has 3 nitrogen and oxygen atoms in total. The summed E-state index contributed by atoms with van der Waals surface area (Å²) >= 11 is 0. The molecule has 0 saturated carbocycles. The molecule has 0 aliphatic carbocycles. The highest BCUT2D eigenvalue weighted by Crippen LogP contribution is 2.39. The minimum absolute atomic E-state index is 0.172. The van der Waals surface area contributed by atoms with Gasteiger partial charge in [0.1, 0.15) is 5.69 Å². The fourth-order valence-electron chi connectivity index (χ4n) is 2.77. The number of halogens is 3. The molecule has 0 aliphatic rings. The second kappa shape index (κ2) is 4.54. The van der Waals surface area contributed by atoms with E-state index in [1.54, 1.807) is 26.0 Å². The third-order valence-corrected chi connectivity index (χ3v) is 3.32. The van der Waals surface area contributed by atoms with Crippen LogP contribution in [0, 0.1) is 13.8 Å². The van der Waals surface area contributed by atoms with Gasteiger partial charge in [0.05, 0.1) is 11.9 Å². The van der Waals surface area contributed by atoms with Crippen LogP contribution in [-0.4, -0.2) is 15.6 Å². The Labute approximate surface area is 113 Å². The Morgan fingerprint density at radius 1 is 1.30 bits per heavy atom. The van der Waals surface area contributed by atoms with Crippen molar-refractivity contribution in [1.29, 1.82) is 0 Å². The average Bonchev–Trinajstić information content (AvgIpc) is 2.49. The van der Waals surface area contributed by atoms with Gasteiger partial charge in [-0.2, -0.15) is 13.2 Å². The van der Waals surface area contributed by atoms with Crippen LogP contribution in [-0.2, 0) is 24.4 Å². The van der Waals surface area contributed by atoms with Crippen molar-refractivity contribution >= 4 is 16.9 Å². The fourth-order valence-corrected chi connectivity index (χ4v) is 2.77. The second-order valence-corrected chi connectivity index (χ2v) is 4.93. The minimum Gasteiger partial charge on any atom is -0.481 e. The Morgan fingerprint density at radius 2 is 1.90 bits per heavy atom. The van der Waals surface area contributed by atoms with E-state index in [2.05, 4.69) is 0 Å². The lowest BCUT2D eigenvalue weighted by Crippen LogP contribution is -2.15. The zero-order valence-electron chi connectivity index (χ0n) is 11.3. The third-order valence-electron chi connectivity index (χ3n) is 3.32. The first-order valence-electron chi connectivity index (χ1n) is 6.00. The first-order chi connectivity index (χ1) is 9.12. The van der Waals surface area contributed by atoms with Crippen molar-refractivity contribution in [3.63, 3.8) is 0 Å². The number of nitrogens with zero attached hydrogens (tertiary/aromatic N) is 1. The van der Waals surface area contributed by atoms with Gasteiger partial charge in [-0.3, -0.25) is 4.79 Å². The maximum Gasteiger partial charge on any atom is 0.431 e. The van der Waals surface area contributed by atoms with Crippen molar-refractivity contribution in [2.75, 3.05) is 0 Å². The molecular formula is C14H14F3NO2. The highest BCUT2D eigenvalue weighted by molar-refractivity contribution is 5.91. The molecule has 0 unspecified atom stereocenters. The molecule has 1 N–H and O–H groups in total. The SMILES string of the molecule is Cc1cc(C)c2c(c1)c(CC(=O)O)c(C(F)(F)F)n2C. The van der Waals surface area contributed by atoms with Crippen molar-refractivity contribution in [2.45, 2.75) is 26.4 Å². The minimum atomic E-state index is -4.58. The summed E-state index contributed by atoms with van der Waals surface area (Å²) in [5, 5.41) is 9.25. The number of aromatic nitrogens is 1. The molecule has 1 aromatic carbocycles. The van der Waals surface area contributed by atoms with Crippen LogP contribution >= 0.6 is 0 Å². The van der Waals surface area contributed by atoms with Crippen LogP contribution < -0.4 is 0 Å². The zero-order valence-corrected chi connectivity index (χ0v) is 11.3. The van der Waals surface area contributed by atoms with Crippen molar-refractivity contribution in [1.82, 2.24) is 4.57 Å². The summed E-state index contributed by atoms with van der Waals surface area (Å²) in [6.45, 7) is 3.50. The van der Waals surface area contributed by atoms with Gasteiger partial charge in [0.2, 0.25) is 0 Å². The number of benzene rings is 1. The van der Waals surface area contributed by atoms with Gasteiger partial charge in [-0.1, -0.05) is 11.6 Å². The molecule has 0 aliphatic heterocycles. The van der Waals surface area contributed by atoms with Crippen molar-refractivity contribution in [3.05, 3.63) is 34.5 Å². The summed E-state index contributed by atoms with van der Waals surface area (Å²) in [6, 6.07) is 3.39. The Kier molecular flexibility index (Phi) is 3.28. The molecule has 0 bridgehead atoms. The van der Waals surface area contributed by atoms with E-state index in [9.17, 15) is 18.0 Å². The van der Waals surface area contributed by atoms with E-state index in [-0.39, 0.29) is 5.56 Å². The Bertz CT molecular complexity index is 699. The maximum absolute atomic E-state index is 13.2. The molecule has 1 heterocycles. The quantitative estimate of drug-likeness (QED) is 0.918. The lowest BCUT2D eigenvalue weighted by atomic mass is 10.0. The molecule has 0 amide bonds. The van der Waals surface area contributed by atoms with E-state index < -0.39 is 24.3 Å². The van der Waals surface area contributed by atoms with E-state index in [0.29, 0.717) is 16.5 Å². The molecule has 2 rings (SSSR count). The van der Waals surface area contributed by atoms with Gasteiger partial charge >= 0.3 is 12.1 Å². The van der Waals surface area contributed by atoms with E-state index in [0.717, 1.165) is 10.1 Å².